The summed E-state index contributed by atoms with van der Waals surface area (Å²) in [4.78, 5) is 23.3. The van der Waals surface area contributed by atoms with Crippen LogP contribution in [0, 0.1) is 30.9 Å². The van der Waals surface area contributed by atoms with Crippen LogP contribution < -0.4 is 10.1 Å². The quantitative estimate of drug-likeness (QED) is 0.380. The summed E-state index contributed by atoms with van der Waals surface area (Å²) in [6.07, 6.45) is 0. The number of hydrogen-bond acceptors (Lipinski definition) is 5. The van der Waals surface area contributed by atoms with Crippen LogP contribution in [-0.2, 0) is 6.61 Å². The molecule has 29 heavy (non-hydrogen) atoms. The highest BCUT2D eigenvalue weighted by Gasteiger charge is 2.15. The van der Waals surface area contributed by atoms with Crippen molar-refractivity contribution in [3.63, 3.8) is 0 Å². The molecule has 0 spiro atoms. The Kier molecular flexibility index (Phi) is 6.20. The van der Waals surface area contributed by atoms with Gasteiger partial charge in [0.25, 0.3) is 11.6 Å². The van der Waals surface area contributed by atoms with Crippen molar-refractivity contribution in [3.8, 4) is 5.75 Å². The first kappa shape index (κ1) is 20.8. The second-order valence-corrected chi connectivity index (χ2v) is 8.03. The molecule has 1 N–H and O–H groups in total. The number of benzene rings is 2. The maximum absolute atomic E-state index is 12.5. The zero-order valence-corrected chi connectivity index (χ0v) is 17.7. The number of nitrogens with one attached hydrogen (secondary N) is 1. The number of amides is 1. The van der Waals surface area contributed by atoms with Gasteiger partial charge < -0.3 is 10.1 Å². The predicted molar refractivity (Wildman–Crippen MR) is 115 cm³/mol. The smallest absolute Gasteiger partial charge is 0.271 e. The van der Waals surface area contributed by atoms with Crippen molar-refractivity contribution in [2.24, 2.45) is 0 Å². The first-order chi connectivity index (χ1) is 13.7. The molecule has 0 atom stereocenters. The standard InChI is InChI=1S/C21H19ClN2O4S/c1-12-6-13(2)20(14(3)7-12)28-10-15-8-19(29-11-15)21(25)23-18-9-16(24(26)27)4-5-17(18)22/h4-9,11H,10H2,1-3H3,(H,23,25). The van der Waals surface area contributed by atoms with E-state index in [1.54, 1.807) is 6.07 Å². The molecular formula is C21H19ClN2O4S. The number of aryl methyl sites for hydroxylation is 3. The minimum atomic E-state index is -0.540. The molecule has 0 unspecified atom stereocenters. The van der Waals surface area contributed by atoms with E-state index in [1.807, 2.05) is 26.2 Å². The molecule has 0 radical (unpaired) electrons. The monoisotopic (exact) mass is 430 g/mol. The molecule has 3 aromatic rings. The van der Waals surface area contributed by atoms with Crippen molar-refractivity contribution in [2.75, 3.05) is 5.32 Å². The fraction of sp³-hybridized carbons (Fsp3) is 0.190. The van der Waals surface area contributed by atoms with Crippen molar-refractivity contribution in [1.29, 1.82) is 0 Å². The van der Waals surface area contributed by atoms with Gasteiger partial charge in [-0.3, -0.25) is 14.9 Å². The van der Waals surface area contributed by atoms with E-state index in [0.717, 1.165) is 22.4 Å². The Bertz CT molecular complexity index is 1070. The molecule has 0 fully saturated rings. The molecule has 2 aromatic carbocycles. The van der Waals surface area contributed by atoms with Crippen molar-refractivity contribution in [3.05, 3.63) is 84.0 Å². The second-order valence-electron chi connectivity index (χ2n) is 6.71. The molecule has 0 saturated heterocycles. The van der Waals surface area contributed by atoms with Crippen molar-refractivity contribution in [2.45, 2.75) is 27.4 Å². The SMILES string of the molecule is Cc1cc(C)c(OCc2csc(C(=O)Nc3cc([N+](=O)[O-])ccc3Cl)c2)c(C)c1. The zero-order chi connectivity index (χ0) is 21.1. The molecule has 1 aromatic heterocycles. The summed E-state index contributed by atoms with van der Waals surface area (Å²) >= 11 is 7.31. The van der Waals surface area contributed by atoms with Gasteiger partial charge in [-0.1, -0.05) is 29.3 Å². The van der Waals surface area contributed by atoms with Gasteiger partial charge >= 0.3 is 0 Å². The number of carbonyl (C=O) groups excluding carboxylic acids is 1. The number of ether oxygens (including phenoxy) is 1. The number of hydrogen-bond donors (Lipinski definition) is 1. The van der Waals surface area contributed by atoms with E-state index in [-0.39, 0.29) is 22.3 Å². The molecule has 1 heterocycles. The molecule has 0 bridgehead atoms. The van der Waals surface area contributed by atoms with Crippen LogP contribution in [0.3, 0.4) is 0 Å². The Balaban J connectivity index is 1.69. The van der Waals surface area contributed by atoms with E-state index in [9.17, 15) is 14.9 Å². The number of rotatable bonds is 6. The Labute approximate surface area is 177 Å². The summed E-state index contributed by atoms with van der Waals surface area (Å²) in [5, 5.41) is 15.6. The summed E-state index contributed by atoms with van der Waals surface area (Å²) in [5.74, 6) is 0.461. The maximum atomic E-state index is 12.5. The van der Waals surface area contributed by atoms with Gasteiger partial charge in [-0.2, -0.15) is 0 Å². The molecule has 0 saturated carbocycles. The molecule has 1 amide bonds. The normalized spacial score (nSPS) is 10.6. The summed E-state index contributed by atoms with van der Waals surface area (Å²) < 4.78 is 5.96. The largest absolute Gasteiger partial charge is 0.488 e. The zero-order valence-electron chi connectivity index (χ0n) is 16.1. The topological polar surface area (TPSA) is 81.5 Å². The van der Waals surface area contributed by atoms with Crippen LogP contribution in [0.25, 0.3) is 0 Å². The predicted octanol–water partition coefficient (Wildman–Crippen LogP) is 6.07. The lowest BCUT2D eigenvalue weighted by Crippen LogP contribution is -2.11. The first-order valence-corrected chi connectivity index (χ1v) is 10.0. The number of nitro benzene ring substituents is 1. The lowest BCUT2D eigenvalue weighted by molar-refractivity contribution is -0.384. The third-order valence-corrected chi connectivity index (χ3v) is 5.58. The van der Waals surface area contributed by atoms with Crippen LogP contribution in [-0.4, -0.2) is 10.8 Å². The molecular weight excluding hydrogens is 412 g/mol. The van der Waals surface area contributed by atoms with E-state index >= 15 is 0 Å². The van der Waals surface area contributed by atoms with Gasteiger partial charge in [-0.25, -0.2) is 0 Å². The number of halogens is 1. The van der Waals surface area contributed by atoms with E-state index in [1.165, 1.54) is 35.1 Å². The lowest BCUT2D eigenvalue weighted by Gasteiger charge is -2.12. The number of anilines is 1. The number of nitrogens with zero attached hydrogens (tertiary/aromatic N) is 1. The third-order valence-electron chi connectivity index (χ3n) is 4.27. The van der Waals surface area contributed by atoms with Gasteiger partial charge in [-0.15, -0.1) is 11.3 Å². The minimum absolute atomic E-state index is 0.145. The lowest BCUT2D eigenvalue weighted by atomic mass is 10.1. The van der Waals surface area contributed by atoms with Gasteiger partial charge in [0.05, 0.1) is 20.5 Å². The van der Waals surface area contributed by atoms with Crippen molar-refractivity contribution < 1.29 is 14.5 Å². The van der Waals surface area contributed by atoms with E-state index in [4.69, 9.17) is 16.3 Å². The average Bonchev–Trinajstić information content (AvgIpc) is 3.11. The number of carbonyl (C=O) groups is 1. The highest BCUT2D eigenvalue weighted by atomic mass is 35.5. The molecule has 0 aliphatic rings. The van der Waals surface area contributed by atoms with Gasteiger partial charge in [0.15, 0.2) is 0 Å². The molecule has 0 aliphatic heterocycles. The van der Waals surface area contributed by atoms with Crippen LogP contribution in [0.1, 0.15) is 31.9 Å². The number of non-ortho nitro benzene ring substituents is 1. The first-order valence-electron chi connectivity index (χ1n) is 8.78. The Hall–Kier alpha value is -2.90. The Morgan fingerprint density at radius 3 is 2.52 bits per heavy atom. The fourth-order valence-electron chi connectivity index (χ4n) is 3.03. The third kappa shape index (κ3) is 4.93. The Morgan fingerprint density at radius 2 is 1.86 bits per heavy atom. The summed E-state index contributed by atoms with van der Waals surface area (Å²) in [6, 6.07) is 9.78. The number of nitro groups is 1. The molecule has 3 rings (SSSR count). The van der Waals surface area contributed by atoms with Gasteiger partial charge in [0.1, 0.15) is 12.4 Å². The summed E-state index contributed by atoms with van der Waals surface area (Å²) in [7, 11) is 0. The second kappa shape index (κ2) is 8.63. The fourth-order valence-corrected chi connectivity index (χ4v) is 3.98. The molecule has 6 nitrogen and oxygen atoms in total. The average molecular weight is 431 g/mol. The molecule has 8 heteroatoms. The molecule has 0 aliphatic carbocycles. The van der Waals surface area contributed by atoms with E-state index < -0.39 is 4.92 Å². The Morgan fingerprint density at radius 1 is 1.17 bits per heavy atom. The minimum Gasteiger partial charge on any atom is -0.488 e. The highest BCUT2D eigenvalue weighted by Crippen LogP contribution is 2.29. The van der Waals surface area contributed by atoms with Crippen molar-refractivity contribution in [1.82, 2.24) is 0 Å². The van der Waals surface area contributed by atoms with Crippen LogP contribution in [0.4, 0.5) is 11.4 Å². The summed E-state index contributed by atoms with van der Waals surface area (Å²) in [5.41, 5.74) is 4.23. The van der Waals surface area contributed by atoms with Gasteiger partial charge in [0, 0.05) is 17.7 Å². The van der Waals surface area contributed by atoms with Crippen LogP contribution in [0.5, 0.6) is 5.75 Å². The molecule has 150 valence electrons. The van der Waals surface area contributed by atoms with Crippen LogP contribution >= 0.6 is 22.9 Å². The van der Waals surface area contributed by atoms with Crippen molar-refractivity contribution >= 4 is 40.2 Å². The maximum Gasteiger partial charge on any atom is 0.271 e. The van der Waals surface area contributed by atoms with Gasteiger partial charge in [-0.05, 0) is 49.4 Å². The van der Waals surface area contributed by atoms with E-state index in [0.29, 0.717) is 11.5 Å². The summed E-state index contributed by atoms with van der Waals surface area (Å²) in [6.45, 7) is 6.39. The van der Waals surface area contributed by atoms with E-state index in [2.05, 4.69) is 17.4 Å². The van der Waals surface area contributed by atoms with Crippen LogP contribution in [0.2, 0.25) is 5.02 Å². The van der Waals surface area contributed by atoms with Gasteiger partial charge in [0.2, 0.25) is 0 Å². The van der Waals surface area contributed by atoms with Crippen LogP contribution in [0.15, 0.2) is 41.8 Å². The highest BCUT2D eigenvalue weighted by molar-refractivity contribution is 7.12. The number of thiophene rings is 1.